The van der Waals surface area contributed by atoms with Crippen LogP contribution in [0.5, 0.6) is 0 Å². The van der Waals surface area contributed by atoms with Gasteiger partial charge in [-0.05, 0) is 5.56 Å². The van der Waals surface area contributed by atoms with Crippen molar-refractivity contribution >= 4 is 6.08 Å². The molecule has 0 radical (unpaired) electrons. The minimum Gasteiger partial charge on any atom is -0.681 e. The van der Waals surface area contributed by atoms with Crippen molar-refractivity contribution in [1.29, 1.82) is 0 Å². The van der Waals surface area contributed by atoms with Crippen LogP contribution in [0.4, 0.5) is 0 Å². The van der Waals surface area contributed by atoms with Crippen LogP contribution in [0.25, 0.3) is 11.4 Å². The number of nitrogens with zero attached hydrogens (tertiary/aromatic N) is 1. The molecule has 1 aliphatic rings. The fraction of sp³-hybridized carbons (Fsp3) is 0.0667. The first kappa shape index (κ1) is 13.1. The minimum atomic E-state index is 0. The van der Waals surface area contributed by atoms with Crippen LogP contribution < -0.4 is 51.4 Å². The Balaban J connectivity index is 0.00000108. The summed E-state index contributed by atoms with van der Waals surface area (Å²) in [4.78, 5) is 0. The van der Waals surface area contributed by atoms with Gasteiger partial charge in [0.1, 0.15) is 0 Å². The van der Waals surface area contributed by atoms with Gasteiger partial charge in [0.2, 0.25) is 0 Å². The Kier molecular flexibility index (Phi) is 4.59. The average molecular weight is 245 g/mol. The molecule has 0 saturated heterocycles. The maximum atomic E-state index is 4.56. The standard InChI is InChI=1S/C15H12N.K/c1-2-7-13(8-3-1)15-14-9-5-4-6-12(14)10-11-16-15;/h1-11,15H;/q-1;+1. The summed E-state index contributed by atoms with van der Waals surface area (Å²) in [5.41, 5.74) is 3.81. The number of hydrogen-bond acceptors (Lipinski definition) is 0. The Labute approximate surface area is 144 Å². The van der Waals surface area contributed by atoms with E-state index >= 15 is 0 Å². The SMILES string of the molecule is C1=Cc2ccccc2C(c2ccccc2)[N-]1.[K+]. The molecule has 0 spiro atoms. The maximum Gasteiger partial charge on any atom is 1.00 e. The van der Waals surface area contributed by atoms with E-state index in [0.29, 0.717) is 0 Å². The predicted molar refractivity (Wildman–Crippen MR) is 67.1 cm³/mol. The van der Waals surface area contributed by atoms with Crippen LogP contribution in [0, 0.1) is 0 Å². The minimum absolute atomic E-state index is 0. The summed E-state index contributed by atoms with van der Waals surface area (Å²) in [7, 11) is 0. The maximum absolute atomic E-state index is 4.56. The Hall–Kier alpha value is -0.384. The van der Waals surface area contributed by atoms with Crippen molar-refractivity contribution in [3.63, 3.8) is 0 Å². The van der Waals surface area contributed by atoms with E-state index in [9.17, 15) is 0 Å². The predicted octanol–water partition coefficient (Wildman–Crippen LogP) is 1.14. The van der Waals surface area contributed by atoms with Crippen LogP contribution in [0.1, 0.15) is 22.7 Å². The summed E-state index contributed by atoms with van der Waals surface area (Å²) in [6.07, 6.45) is 3.97. The van der Waals surface area contributed by atoms with Crippen LogP contribution in [0.2, 0.25) is 0 Å². The molecule has 1 aliphatic heterocycles. The third kappa shape index (κ3) is 2.72. The van der Waals surface area contributed by atoms with Gasteiger partial charge in [0.05, 0.1) is 0 Å². The van der Waals surface area contributed by atoms with Crippen molar-refractivity contribution in [2.24, 2.45) is 0 Å². The van der Waals surface area contributed by atoms with Crippen molar-refractivity contribution in [1.82, 2.24) is 0 Å². The normalized spacial score (nSPS) is 16.6. The van der Waals surface area contributed by atoms with Crippen molar-refractivity contribution in [2.45, 2.75) is 6.04 Å². The zero-order valence-corrected chi connectivity index (χ0v) is 13.0. The van der Waals surface area contributed by atoms with E-state index in [2.05, 4.69) is 59.9 Å². The Morgan fingerprint density at radius 3 is 2.35 bits per heavy atom. The van der Waals surface area contributed by atoms with Crippen molar-refractivity contribution < 1.29 is 51.4 Å². The molecule has 0 amide bonds. The molecule has 0 bridgehead atoms. The second kappa shape index (κ2) is 5.98. The third-order valence-electron chi connectivity index (χ3n) is 2.90. The molecule has 0 aliphatic carbocycles. The monoisotopic (exact) mass is 245 g/mol. The first-order valence-corrected chi connectivity index (χ1v) is 5.45. The molecule has 2 heteroatoms. The van der Waals surface area contributed by atoms with E-state index in [1.54, 1.807) is 0 Å². The van der Waals surface area contributed by atoms with Crippen molar-refractivity contribution in [2.75, 3.05) is 0 Å². The summed E-state index contributed by atoms with van der Waals surface area (Å²) in [6.45, 7) is 0. The van der Waals surface area contributed by atoms with Crippen LogP contribution in [-0.4, -0.2) is 0 Å². The molecular formula is C15H12KN. The average Bonchev–Trinajstić information content (AvgIpc) is 2.39. The van der Waals surface area contributed by atoms with Gasteiger partial charge in [-0.15, -0.1) is 0 Å². The van der Waals surface area contributed by atoms with Gasteiger partial charge in [-0.3, -0.25) is 0 Å². The van der Waals surface area contributed by atoms with E-state index in [0.717, 1.165) is 0 Å². The largest absolute Gasteiger partial charge is 1.00 e. The Bertz CT molecular complexity index is 519. The molecule has 1 heterocycles. The molecule has 0 fully saturated rings. The zero-order valence-electron chi connectivity index (χ0n) is 9.88. The van der Waals surface area contributed by atoms with Gasteiger partial charge < -0.3 is 5.32 Å². The van der Waals surface area contributed by atoms with Gasteiger partial charge in [0, 0.05) is 0 Å². The first-order valence-electron chi connectivity index (χ1n) is 5.45. The second-order valence-corrected chi connectivity index (χ2v) is 3.91. The van der Waals surface area contributed by atoms with Crippen LogP contribution in [0.15, 0.2) is 60.8 Å². The first-order chi connectivity index (χ1) is 7.95. The molecule has 2 aromatic rings. The molecule has 0 saturated carbocycles. The van der Waals surface area contributed by atoms with Crippen LogP contribution >= 0.6 is 0 Å². The van der Waals surface area contributed by atoms with E-state index < -0.39 is 0 Å². The second-order valence-electron chi connectivity index (χ2n) is 3.91. The van der Waals surface area contributed by atoms with Gasteiger partial charge in [0.25, 0.3) is 0 Å². The fourth-order valence-electron chi connectivity index (χ4n) is 2.10. The van der Waals surface area contributed by atoms with E-state index in [4.69, 9.17) is 0 Å². The Morgan fingerprint density at radius 1 is 0.824 bits per heavy atom. The van der Waals surface area contributed by atoms with E-state index in [1.165, 1.54) is 16.7 Å². The molecule has 3 rings (SSSR count). The topological polar surface area (TPSA) is 14.1 Å². The zero-order chi connectivity index (χ0) is 10.8. The molecule has 2 aromatic carbocycles. The quantitative estimate of drug-likeness (QED) is 0.669. The van der Waals surface area contributed by atoms with Gasteiger partial charge in [0.15, 0.2) is 0 Å². The molecule has 1 nitrogen and oxygen atoms in total. The summed E-state index contributed by atoms with van der Waals surface area (Å²) < 4.78 is 0. The Morgan fingerprint density at radius 2 is 1.53 bits per heavy atom. The van der Waals surface area contributed by atoms with E-state index in [-0.39, 0.29) is 57.4 Å². The van der Waals surface area contributed by atoms with Gasteiger partial charge in [-0.1, -0.05) is 77.8 Å². The van der Waals surface area contributed by atoms with Crippen LogP contribution in [-0.2, 0) is 0 Å². The third-order valence-corrected chi connectivity index (χ3v) is 2.90. The molecule has 1 atom stereocenters. The van der Waals surface area contributed by atoms with Crippen LogP contribution in [0.3, 0.4) is 0 Å². The summed E-state index contributed by atoms with van der Waals surface area (Å²) in [5, 5.41) is 4.56. The molecule has 0 N–H and O–H groups in total. The van der Waals surface area contributed by atoms with Gasteiger partial charge in [-0.25, -0.2) is 0 Å². The summed E-state index contributed by atoms with van der Waals surface area (Å²) in [6, 6.07) is 19.0. The molecule has 17 heavy (non-hydrogen) atoms. The van der Waals surface area contributed by atoms with E-state index in [1.807, 2.05) is 12.3 Å². The summed E-state index contributed by atoms with van der Waals surface area (Å²) in [5.74, 6) is 0. The molecule has 78 valence electrons. The molecule has 1 unspecified atom stereocenters. The summed E-state index contributed by atoms with van der Waals surface area (Å²) >= 11 is 0. The number of rotatable bonds is 1. The van der Waals surface area contributed by atoms with Crippen molar-refractivity contribution in [3.8, 4) is 0 Å². The van der Waals surface area contributed by atoms with Gasteiger partial charge in [-0.2, -0.15) is 6.20 Å². The molecule has 0 aromatic heterocycles. The smallest absolute Gasteiger partial charge is 0.681 e. The number of benzene rings is 2. The fourth-order valence-corrected chi connectivity index (χ4v) is 2.10. The molecular weight excluding hydrogens is 233 g/mol. The van der Waals surface area contributed by atoms with Gasteiger partial charge >= 0.3 is 51.4 Å². The van der Waals surface area contributed by atoms with Crippen molar-refractivity contribution in [3.05, 3.63) is 82.8 Å². The number of fused-ring (bicyclic) bond motifs is 1. The number of hydrogen-bond donors (Lipinski definition) is 0.